The van der Waals surface area contributed by atoms with E-state index in [2.05, 4.69) is 31.3 Å². The molecule has 0 heterocycles. The van der Waals surface area contributed by atoms with Gasteiger partial charge < -0.3 is 19.8 Å². The second-order valence-corrected chi connectivity index (χ2v) is 22.5. The highest BCUT2D eigenvalue weighted by Crippen LogP contribution is 2.43. The van der Waals surface area contributed by atoms with Gasteiger partial charge in [-0.25, -0.2) is 4.57 Å². The highest BCUT2D eigenvalue weighted by atomic mass is 31.2. The number of amides is 1. The van der Waals surface area contributed by atoms with Gasteiger partial charge in [0.15, 0.2) is 0 Å². The molecule has 0 spiro atoms. The molecule has 1 amide bonds. The van der Waals surface area contributed by atoms with Gasteiger partial charge in [0.1, 0.15) is 13.2 Å². The van der Waals surface area contributed by atoms with Crippen LogP contribution in [0, 0.1) is 0 Å². The number of nitrogens with one attached hydrogen (secondary N) is 1. The van der Waals surface area contributed by atoms with Gasteiger partial charge >= 0.3 is 7.82 Å². The molecule has 0 aromatic carbocycles. The standard InChI is InChI=1S/C57H113N2O6P/c1-6-8-10-12-14-16-18-19-20-21-22-23-24-25-26-27-28-29-30-31-32-33-34-35-36-37-38-39-41-43-45-47-49-51-57(61)58-55(54-65-66(62,63)64-53-52-59(3,4)5)56(60)50-48-46-44-42-40-17-15-13-11-9-7-2/h21-22,48,50,55-56,60H,6-20,23-47,49,51-54H2,1-5H3,(H-,58,61,62,63)/p+1/b22-21-,50-48+. The topological polar surface area (TPSA) is 105 Å². The molecule has 0 saturated carbocycles. The van der Waals surface area contributed by atoms with Crippen LogP contribution >= 0.6 is 7.82 Å². The summed E-state index contributed by atoms with van der Waals surface area (Å²) >= 11 is 0. The van der Waals surface area contributed by atoms with E-state index in [0.29, 0.717) is 17.4 Å². The Hall–Kier alpha value is -1.02. The Labute approximate surface area is 411 Å². The van der Waals surface area contributed by atoms with E-state index in [1.54, 1.807) is 6.08 Å². The van der Waals surface area contributed by atoms with Gasteiger partial charge in [-0.3, -0.25) is 13.8 Å². The lowest BCUT2D eigenvalue weighted by Gasteiger charge is -2.25. The minimum absolute atomic E-state index is 0.0638. The van der Waals surface area contributed by atoms with Crippen molar-refractivity contribution in [1.29, 1.82) is 0 Å². The number of carbonyl (C=O) groups excluding carboxylic acids is 1. The molecule has 0 aliphatic rings. The van der Waals surface area contributed by atoms with Crippen molar-refractivity contribution in [2.75, 3.05) is 40.9 Å². The van der Waals surface area contributed by atoms with Crippen molar-refractivity contribution in [3.8, 4) is 0 Å². The number of carbonyl (C=O) groups is 1. The first-order chi connectivity index (χ1) is 32.0. The second kappa shape index (κ2) is 49.0. The third kappa shape index (κ3) is 50.8. The van der Waals surface area contributed by atoms with E-state index in [4.69, 9.17) is 9.05 Å². The predicted molar refractivity (Wildman–Crippen MR) is 286 cm³/mol. The van der Waals surface area contributed by atoms with Crippen LogP contribution in [0.15, 0.2) is 24.3 Å². The third-order valence-electron chi connectivity index (χ3n) is 13.2. The lowest BCUT2D eigenvalue weighted by atomic mass is 10.0. The van der Waals surface area contributed by atoms with Gasteiger partial charge in [0.2, 0.25) is 5.91 Å². The molecular weight excluding hydrogens is 840 g/mol. The largest absolute Gasteiger partial charge is 0.472 e. The van der Waals surface area contributed by atoms with E-state index < -0.39 is 20.0 Å². The van der Waals surface area contributed by atoms with Crippen LogP contribution in [0.5, 0.6) is 0 Å². The molecular formula is C57H114N2O6P+. The number of hydrogen-bond donors (Lipinski definition) is 3. The monoisotopic (exact) mass is 954 g/mol. The molecule has 3 atom stereocenters. The summed E-state index contributed by atoms with van der Waals surface area (Å²) in [4.78, 5) is 23.2. The summed E-state index contributed by atoms with van der Waals surface area (Å²) in [5.41, 5.74) is 0. The highest BCUT2D eigenvalue weighted by Gasteiger charge is 2.27. The number of hydrogen-bond acceptors (Lipinski definition) is 5. The lowest BCUT2D eigenvalue weighted by Crippen LogP contribution is -2.45. The van der Waals surface area contributed by atoms with Crippen molar-refractivity contribution in [2.45, 2.75) is 296 Å². The Balaban J connectivity index is 3.93. The van der Waals surface area contributed by atoms with Crippen LogP contribution in [0.25, 0.3) is 0 Å². The number of likely N-dealkylation sites (N-methyl/N-ethyl adjacent to an activating group) is 1. The summed E-state index contributed by atoms with van der Waals surface area (Å²) in [6.45, 7) is 4.83. The molecule has 0 radical (unpaired) electrons. The van der Waals surface area contributed by atoms with E-state index in [1.165, 1.54) is 225 Å². The first-order valence-corrected chi connectivity index (χ1v) is 30.2. The molecule has 3 unspecified atom stereocenters. The molecule has 3 N–H and O–H groups in total. The average Bonchev–Trinajstić information content (AvgIpc) is 3.28. The van der Waals surface area contributed by atoms with Crippen molar-refractivity contribution < 1.29 is 32.9 Å². The number of allylic oxidation sites excluding steroid dienone is 3. The van der Waals surface area contributed by atoms with Crippen LogP contribution in [-0.4, -0.2) is 73.4 Å². The van der Waals surface area contributed by atoms with Crippen LogP contribution in [0.2, 0.25) is 0 Å². The van der Waals surface area contributed by atoms with E-state index in [9.17, 15) is 19.4 Å². The van der Waals surface area contributed by atoms with Gasteiger partial charge in [0, 0.05) is 6.42 Å². The molecule has 66 heavy (non-hydrogen) atoms. The fraction of sp³-hybridized carbons (Fsp3) is 0.912. The Bertz CT molecular complexity index is 1130. The predicted octanol–water partition coefficient (Wildman–Crippen LogP) is 17.2. The molecule has 0 bridgehead atoms. The van der Waals surface area contributed by atoms with Crippen molar-refractivity contribution >= 4 is 13.7 Å². The normalized spacial score (nSPS) is 14.1. The summed E-state index contributed by atoms with van der Waals surface area (Å²) < 4.78 is 23.6. The molecule has 392 valence electrons. The summed E-state index contributed by atoms with van der Waals surface area (Å²) in [5.74, 6) is -0.173. The van der Waals surface area contributed by atoms with Gasteiger partial charge in [-0.15, -0.1) is 0 Å². The van der Waals surface area contributed by atoms with Crippen LogP contribution in [0.1, 0.15) is 284 Å². The summed E-state index contributed by atoms with van der Waals surface area (Å²) in [6, 6.07) is -0.842. The van der Waals surface area contributed by atoms with Crippen molar-refractivity contribution in [3.05, 3.63) is 24.3 Å². The molecule has 0 aliphatic heterocycles. The van der Waals surface area contributed by atoms with Crippen molar-refractivity contribution in [3.63, 3.8) is 0 Å². The van der Waals surface area contributed by atoms with E-state index >= 15 is 0 Å². The highest BCUT2D eigenvalue weighted by molar-refractivity contribution is 7.47. The fourth-order valence-electron chi connectivity index (χ4n) is 8.63. The maximum Gasteiger partial charge on any atom is 0.472 e. The number of nitrogens with zero attached hydrogens (tertiary/aromatic N) is 1. The van der Waals surface area contributed by atoms with Crippen LogP contribution in [0.4, 0.5) is 0 Å². The molecule has 0 saturated heterocycles. The van der Waals surface area contributed by atoms with Crippen molar-refractivity contribution in [1.82, 2.24) is 5.32 Å². The molecule has 0 aromatic heterocycles. The van der Waals surface area contributed by atoms with E-state index in [-0.39, 0.29) is 19.1 Å². The Morgan fingerprint density at radius 1 is 0.500 bits per heavy atom. The van der Waals surface area contributed by atoms with Gasteiger partial charge in [0.05, 0.1) is 39.9 Å². The quantitative estimate of drug-likeness (QED) is 0.0243. The maximum absolute atomic E-state index is 12.9. The van der Waals surface area contributed by atoms with Gasteiger partial charge in [0.25, 0.3) is 0 Å². The summed E-state index contributed by atoms with van der Waals surface area (Å²) in [5, 5.41) is 13.9. The number of unbranched alkanes of at least 4 members (excludes halogenated alkanes) is 38. The number of aliphatic hydroxyl groups excluding tert-OH is 1. The average molecular weight is 955 g/mol. The zero-order valence-corrected chi connectivity index (χ0v) is 45.6. The van der Waals surface area contributed by atoms with Crippen LogP contribution in [0.3, 0.4) is 0 Å². The SMILES string of the molecule is CCCCCCCCCC/C=C\CCCCCCCCCCCCCCCCCCCCCCCC(=O)NC(COP(=O)(O)OCC[N+](C)(C)C)C(O)/C=C/CCCCCCCCCCC. The minimum atomic E-state index is -4.34. The molecule has 9 heteroatoms. The van der Waals surface area contributed by atoms with Crippen LogP contribution in [-0.2, 0) is 18.4 Å². The van der Waals surface area contributed by atoms with Crippen LogP contribution < -0.4 is 5.32 Å². The fourth-order valence-corrected chi connectivity index (χ4v) is 9.36. The molecule has 0 rings (SSSR count). The zero-order valence-electron chi connectivity index (χ0n) is 44.7. The number of quaternary nitrogens is 1. The maximum atomic E-state index is 12.9. The Kier molecular flexibility index (Phi) is 48.2. The zero-order chi connectivity index (χ0) is 48.5. The Morgan fingerprint density at radius 3 is 1.17 bits per heavy atom. The first kappa shape index (κ1) is 65.0. The molecule has 0 aromatic rings. The first-order valence-electron chi connectivity index (χ1n) is 28.7. The summed E-state index contributed by atoms with van der Waals surface area (Å²) in [6.07, 6.45) is 61.6. The number of rotatable bonds is 53. The Morgan fingerprint density at radius 2 is 0.818 bits per heavy atom. The number of phosphoric acid groups is 1. The molecule has 0 aliphatic carbocycles. The number of aliphatic hydroxyl groups is 1. The second-order valence-electron chi connectivity index (χ2n) is 21.0. The molecule has 8 nitrogen and oxygen atoms in total. The molecule has 0 fully saturated rings. The smallest absolute Gasteiger partial charge is 0.387 e. The van der Waals surface area contributed by atoms with Gasteiger partial charge in [-0.1, -0.05) is 256 Å². The lowest BCUT2D eigenvalue weighted by molar-refractivity contribution is -0.870. The number of phosphoric ester groups is 1. The minimum Gasteiger partial charge on any atom is -0.387 e. The third-order valence-corrected chi connectivity index (χ3v) is 14.1. The van der Waals surface area contributed by atoms with E-state index in [1.807, 2.05) is 27.2 Å². The van der Waals surface area contributed by atoms with Gasteiger partial charge in [-0.05, 0) is 44.9 Å². The van der Waals surface area contributed by atoms with E-state index in [0.717, 1.165) is 38.5 Å². The summed E-state index contributed by atoms with van der Waals surface area (Å²) in [7, 11) is 1.58. The van der Waals surface area contributed by atoms with Gasteiger partial charge in [-0.2, -0.15) is 0 Å². The van der Waals surface area contributed by atoms with Crippen molar-refractivity contribution in [2.24, 2.45) is 0 Å².